The molecule has 0 aliphatic heterocycles. The first-order chi connectivity index (χ1) is 8.65. The van der Waals surface area contributed by atoms with Gasteiger partial charge in [0, 0.05) is 32.8 Å². The van der Waals surface area contributed by atoms with Crippen molar-refractivity contribution in [2.75, 3.05) is 38.7 Å². The average Bonchev–Trinajstić information content (AvgIpc) is 2.35. The minimum absolute atomic E-state index is 0.253. The second-order valence-corrected chi connectivity index (χ2v) is 3.59. The zero-order valence-electron chi connectivity index (χ0n) is 10.1. The third-order valence-electron chi connectivity index (χ3n) is 2.26. The van der Waals surface area contributed by atoms with Gasteiger partial charge in [-0.2, -0.15) is 0 Å². The van der Waals surface area contributed by atoms with E-state index in [1.807, 2.05) is 0 Å². The molecule has 0 radical (unpaired) electrons. The normalized spacial score (nSPS) is 10.3. The molecule has 0 unspecified atom stereocenters. The molecule has 0 aliphatic carbocycles. The van der Waals surface area contributed by atoms with Gasteiger partial charge in [-0.05, 0) is 6.07 Å². The number of nitrogens with one attached hydrogen (secondary N) is 2. The first kappa shape index (κ1) is 14.3. The highest BCUT2D eigenvalue weighted by atomic mass is 19.1. The Balaban J connectivity index is 2.36. The Morgan fingerprint density at radius 1 is 1.39 bits per heavy atom. The van der Waals surface area contributed by atoms with Crippen molar-refractivity contribution in [1.29, 1.82) is 0 Å². The highest BCUT2D eigenvalue weighted by Crippen LogP contribution is 2.19. The van der Waals surface area contributed by atoms with E-state index >= 15 is 0 Å². The third-order valence-corrected chi connectivity index (χ3v) is 2.26. The maximum atomic E-state index is 13.4. The van der Waals surface area contributed by atoms with Crippen LogP contribution in [0.2, 0.25) is 0 Å². The fourth-order valence-corrected chi connectivity index (χ4v) is 1.35. The number of non-ortho nitro benzene ring substituents is 1. The van der Waals surface area contributed by atoms with Crippen LogP contribution in [0, 0.1) is 15.9 Å². The van der Waals surface area contributed by atoms with E-state index in [4.69, 9.17) is 4.74 Å². The van der Waals surface area contributed by atoms with Gasteiger partial charge in [-0.25, -0.2) is 4.39 Å². The molecule has 1 aromatic rings. The molecular weight excluding hydrogens is 241 g/mol. The summed E-state index contributed by atoms with van der Waals surface area (Å²) in [5.41, 5.74) is 0.00501. The zero-order valence-corrected chi connectivity index (χ0v) is 10.1. The molecule has 0 saturated heterocycles. The van der Waals surface area contributed by atoms with Crippen molar-refractivity contribution in [2.24, 2.45) is 0 Å². The summed E-state index contributed by atoms with van der Waals surface area (Å²) < 4.78 is 18.3. The van der Waals surface area contributed by atoms with Gasteiger partial charge >= 0.3 is 0 Å². The third kappa shape index (κ3) is 4.64. The van der Waals surface area contributed by atoms with E-state index in [1.165, 1.54) is 12.1 Å². The molecule has 0 amide bonds. The van der Waals surface area contributed by atoms with Crippen molar-refractivity contribution in [3.8, 4) is 0 Å². The molecule has 1 rings (SSSR count). The lowest BCUT2D eigenvalue weighted by molar-refractivity contribution is -0.385. The van der Waals surface area contributed by atoms with Crippen molar-refractivity contribution < 1.29 is 14.1 Å². The van der Waals surface area contributed by atoms with Gasteiger partial charge in [0.15, 0.2) is 5.82 Å². The van der Waals surface area contributed by atoms with Crippen molar-refractivity contribution in [3.05, 3.63) is 34.1 Å². The molecule has 0 aromatic heterocycles. The predicted molar refractivity (Wildman–Crippen MR) is 66.3 cm³/mol. The number of hydrogen-bond acceptors (Lipinski definition) is 5. The van der Waals surface area contributed by atoms with Crippen molar-refractivity contribution in [1.82, 2.24) is 5.32 Å². The Bertz CT molecular complexity index is 401. The molecule has 0 saturated carbocycles. The summed E-state index contributed by atoms with van der Waals surface area (Å²) in [5.74, 6) is -0.624. The van der Waals surface area contributed by atoms with Crippen LogP contribution in [0.3, 0.4) is 0 Å². The highest BCUT2D eigenvalue weighted by molar-refractivity contribution is 5.50. The molecule has 1 aromatic carbocycles. The molecule has 0 atom stereocenters. The van der Waals surface area contributed by atoms with Gasteiger partial charge in [-0.1, -0.05) is 0 Å². The molecule has 18 heavy (non-hydrogen) atoms. The minimum Gasteiger partial charge on any atom is -0.383 e. The number of anilines is 1. The van der Waals surface area contributed by atoms with E-state index in [1.54, 1.807) is 7.11 Å². The lowest BCUT2D eigenvalue weighted by Crippen LogP contribution is -2.25. The van der Waals surface area contributed by atoms with Gasteiger partial charge < -0.3 is 15.4 Å². The van der Waals surface area contributed by atoms with Crippen LogP contribution < -0.4 is 10.6 Å². The number of methoxy groups -OCH3 is 1. The summed E-state index contributed by atoms with van der Waals surface area (Å²) in [4.78, 5) is 9.80. The van der Waals surface area contributed by atoms with Crippen molar-refractivity contribution in [3.63, 3.8) is 0 Å². The highest BCUT2D eigenvalue weighted by Gasteiger charge is 2.09. The lowest BCUT2D eigenvalue weighted by atomic mass is 10.2. The smallest absolute Gasteiger partial charge is 0.272 e. The van der Waals surface area contributed by atoms with E-state index < -0.39 is 10.7 Å². The molecule has 7 heteroatoms. The molecule has 0 aliphatic rings. The SMILES string of the molecule is COCCNCCNc1ccc([N+](=O)[O-])cc1F. The van der Waals surface area contributed by atoms with Crippen LogP contribution in [0.5, 0.6) is 0 Å². The van der Waals surface area contributed by atoms with Gasteiger partial charge in [0.05, 0.1) is 23.3 Å². The quantitative estimate of drug-likeness (QED) is 0.418. The summed E-state index contributed by atoms with van der Waals surface area (Å²) in [7, 11) is 1.62. The monoisotopic (exact) mass is 257 g/mol. The lowest BCUT2D eigenvalue weighted by Gasteiger charge is -2.08. The number of nitrogens with zero attached hydrogens (tertiary/aromatic N) is 1. The largest absolute Gasteiger partial charge is 0.383 e. The summed E-state index contributed by atoms with van der Waals surface area (Å²) in [6, 6.07) is 3.53. The van der Waals surface area contributed by atoms with Crippen molar-refractivity contribution in [2.45, 2.75) is 0 Å². The Kier molecular flexibility index (Phi) is 6.03. The Morgan fingerprint density at radius 2 is 2.17 bits per heavy atom. The minimum atomic E-state index is -0.626. The van der Waals surface area contributed by atoms with Crippen LogP contribution in [0.15, 0.2) is 18.2 Å². The maximum Gasteiger partial charge on any atom is 0.272 e. The summed E-state index contributed by atoms with van der Waals surface area (Å²) >= 11 is 0. The van der Waals surface area contributed by atoms with Gasteiger partial charge in [0.1, 0.15) is 0 Å². The molecule has 2 N–H and O–H groups in total. The van der Waals surface area contributed by atoms with Gasteiger partial charge in [0.25, 0.3) is 5.69 Å². The van der Waals surface area contributed by atoms with Crippen LogP contribution >= 0.6 is 0 Å². The fraction of sp³-hybridized carbons (Fsp3) is 0.455. The number of halogens is 1. The van der Waals surface area contributed by atoms with Gasteiger partial charge in [0.2, 0.25) is 0 Å². The van der Waals surface area contributed by atoms with Crippen LogP contribution in [0.4, 0.5) is 15.8 Å². The van der Waals surface area contributed by atoms with Crippen molar-refractivity contribution >= 4 is 11.4 Å². The summed E-state index contributed by atoms with van der Waals surface area (Å²) in [6.45, 7) is 2.52. The molecule has 0 heterocycles. The molecule has 100 valence electrons. The second-order valence-electron chi connectivity index (χ2n) is 3.59. The molecule has 0 bridgehead atoms. The fourth-order valence-electron chi connectivity index (χ4n) is 1.35. The molecule has 0 spiro atoms. The number of nitro groups is 1. The summed E-state index contributed by atoms with van der Waals surface area (Å²) in [6.07, 6.45) is 0. The van der Waals surface area contributed by atoms with Crippen LogP contribution in [0.25, 0.3) is 0 Å². The summed E-state index contributed by atoms with van der Waals surface area (Å²) in [5, 5.41) is 16.4. The maximum absolute atomic E-state index is 13.4. The average molecular weight is 257 g/mol. The molecule has 6 nitrogen and oxygen atoms in total. The first-order valence-corrected chi connectivity index (χ1v) is 5.52. The number of benzene rings is 1. The second kappa shape index (κ2) is 7.57. The van der Waals surface area contributed by atoms with E-state index in [0.717, 1.165) is 12.6 Å². The topological polar surface area (TPSA) is 76.4 Å². The number of ether oxygens (including phenoxy) is 1. The van der Waals surface area contributed by atoms with Crippen LogP contribution in [-0.4, -0.2) is 38.3 Å². The van der Waals surface area contributed by atoms with E-state index in [-0.39, 0.29) is 11.4 Å². The first-order valence-electron chi connectivity index (χ1n) is 5.52. The standard InChI is InChI=1S/C11H16FN3O3/c1-18-7-6-13-4-5-14-11-3-2-9(15(16)17)8-10(11)12/h2-3,8,13-14H,4-7H2,1H3. The number of hydrogen-bond donors (Lipinski definition) is 2. The zero-order chi connectivity index (χ0) is 13.4. The Morgan fingerprint density at radius 3 is 2.78 bits per heavy atom. The van der Waals surface area contributed by atoms with E-state index in [2.05, 4.69) is 10.6 Å². The van der Waals surface area contributed by atoms with Gasteiger partial charge in [-0.3, -0.25) is 10.1 Å². The van der Waals surface area contributed by atoms with Crippen LogP contribution in [-0.2, 0) is 4.74 Å². The van der Waals surface area contributed by atoms with E-state index in [0.29, 0.717) is 19.7 Å². The Labute approximate surface area is 104 Å². The number of nitro benzene ring substituents is 1. The number of rotatable bonds is 8. The Hall–Kier alpha value is -1.73. The molecule has 0 fully saturated rings. The van der Waals surface area contributed by atoms with Gasteiger partial charge in [-0.15, -0.1) is 0 Å². The predicted octanol–water partition coefficient (Wildman–Crippen LogP) is 1.38. The van der Waals surface area contributed by atoms with E-state index in [9.17, 15) is 14.5 Å². The molecular formula is C11H16FN3O3. The van der Waals surface area contributed by atoms with Crippen LogP contribution in [0.1, 0.15) is 0 Å².